The highest BCUT2D eigenvalue weighted by Crippen LogP contribution is 2.33. The van der Waals surface area contributed by atoms with Crippen molar-refractivity contribution in [1.29, 1.82) is 0 Å². The molecule has 0 radical (unpaired) electrons. The highest BCUT2D eigenvalue weighted by atomic mass is 19.1. The number of nitrogens with two attached hydrogens (primary N) is 1. The summed E-state index contributed by atoms with van der Waals surface area (Å²) in [5.41, 5.74) is 7.50. The SMILES string of the molecule is CC(C)(C)OC(=O)N1CCC[C@@H]1Cn1nc(-c2ccc(Oc3cc(F)cc(F)c3)cc2)c2c(N)ncnc21. The molecule has 1 saturated heterocycles. The second-order valence-electron chi connectivity index (χ2n) is 10.2. The minimum absolute atomic E-state index is 0.0497. The summed E-state index contributed by atoms with van der Waals surface area (Å²) in [5.74, 6) is -0.727. The number of nitrogen functional groups attached to an aromatic ring is 1. The van der Waals surface area contributed by atoms with E-state index in [1.807, 2.05) is 20.8 Å². The van der Waals surface area contributed by atoms with Gasteiger partial charge in [0.1, 0.15) is 46.6 Å². The zero-order valence-corrected chi connectivity index (χ0v) is 21.3. The molecule has 4 aromatic rings. The van der Waals surface area contributed by atoms with E-state index in [1.165, 1.54) is 6.33 Å². The third kappa shape index (κ3) is 5.36. The molecule has 1 amide bonds. The highest BCUT2D eigenvalue weighted by Gasteiger charge is 2.33. The third-order valence-corrected chi connectivity index (χ3v) is 6.15. The number of carbonyl (C=O) groups excluding carboxylic acids is 1. The molecule has 2 N–H and O–H groups in total. The van der Waals surface area contributed by atoms with Crippen LogP contribution in [0, 0.1) is 11.6 Å². The van der Waals surface area contributed by atoms with Crippen molar-refractivity contribution in [3.63, 3.8) is 0 Å². The zero-order chi connectivity index (χ0) is 27.0. The van der Waals surface area contributed by atoms with Gasteiger partial charge in [-0.05, 0) is 57.9 Å². The summed E-state index contributed by atoms with van der Waals surface area (Å²) in [7, 11) is 0. The van der Waals surface area contributed by atoms with Crippen molar-refractivity contribution in [2.24, 2.45) is 0 Å². The number of aromatic nitrogens is 4. The van der Waals surface area contributed by atoms with Crippen molar-refractivity contribution in [1.82, 2.24) is 24.6 Å². The van der Waals surface area contributed by atoms with Crippen molar-refractivity contribution >= 4 is 22.9 Å². The number of hydrogen-bond acceptors (Lipinski definition) is 7. The van der Waals surface area contributed by atoms with Gasteiger partial charge in [0, 0.05) is 30.3 Å². The lowest BCUT2D eigenvalue weighted by Crippen LogP contribution is -2.41. The summed E-state index contributed by atoms with van der Waals surface area (Å²) in [5, 5.41) is 5.40. The molecule has 198 valence electrons. The molecular formula is C27H28F2N6O3. The number of fused-ring (bicyclic) bond motifs is 1. The first-order chi connectivity index (χ1) is 18.1. The average Bonchev–Trinajstić information content (AvgIpc) is 3.44. The summed E-state index contributed by atoms with van der Waals surface area (Å²) in [4.78, 5) is 23.1. The van der Waals surface area contributed by atoms with Crippen LogP contribution in [0.25, 0.3) is 22.3 Å². The van der Waals surface area contributed by atoms with Gasteiger partial charge in [-0.25, -0.2) is 28.2 Å². The number of halogens is 2. The Balaban J connectivity index is 1.43. The largest absolute Gasteiger partial charge is 0.457 e. The zero-order valence-electron chi connectivity index (χ0n) is 21.3. The molecule has 1 aliphatic rings. The van der Waals surface area contributed by atoms with Gasteiger partial charge in [-0.3, -0.25) is 0 Å². The quantitative estimate of drug-likeness (QED) is 0.366. The maximum atomic E-state index is 13.5. The first kappa shape index (κ1) is 25.4. The number of anilines is 1. The summed E-state index contributed by atoms with van der Waals surface area (Å²) in [6.07, 6.45) is 2.71. The number of hydrogen-bond donors (Lipinski definition) is 1. The van der Waals surface area contributed by atoms with Crippen LogP contribution in [0.3, 0.4) is 0 Å². The third-order valence-electron chi connectivity index (χ3n) is 6.15. The number of amides is 1. The molecular weight excluding hydrogens is 494 g/mol. The molecule has 0 bridgehead atoms. The van der Waals surface area contributed by atoms with Crippen LogP contribution in [0.15, 0.2) is 48.8 Å². The fourth-order valence-corrected chi connectivity index (χ4v) is 4.55. The van der Waals surface area contributed by atoms with Gasteiger partial charge in [0.05, 0.1) is 18.0 Å². The summed E-state index contributed by atoms with van der Waals surface area (Å²) in [6, 6.07) is 9.76. The first-order valence-electron chi connectivity index (χ1n) is 12.3. The highest BCUT2D eigenvalue weighted by molar-refractivity contribution is 5.98. The van der Waals surface area contributed by atoms with E-state index >= 15 is 0 Å². The molecule has 0 spiro atoms. The standard InChI is InChI=1S/C27H28F2N6O3/c1-27(2,3)38-26(36)34-10-4-5-19(34)14-35-25-22(24(30)31-15-32-25)23(33-35)16-6-8-20(9-7-16)37-21-12-17(28)11-18(29)13-21/h6-9,11-13,15,19H,4-5,10,14H2,1-3H3,(H2,30,31,32)/t19-/m1/s1. The van der Waals surface area contributed by atoms with Crippen molar-refractivity contribution in [2.45, 2.75) is 51.8 Å². The van der Waals surface area contributed by atoms with Crippen LogP contribution >= 0.6 is 0 Å². The molecule has 9 nitrogen and oxygen atoms in total. The maximum absolute atomic E-state index is 13.5. The Labute approximate surface area is 218 Å². The molecule has 0 unspecified atom stereocenters. The molecule has 1 atom stereocenters. The molecule has 0 aliphatic carbocycles. The van der Waals surface area contributed by atoms with Crippen LogP contribution in [-0.2, 0) is 11.3 Å². The van der Waals surface area contributed by atoms with Crippen molar-refractivity contribution in [3.8, 4) is 22.8 Å². The topological polar surface area (TPSA) is 108 Å². The van der Waals surface area contributed by atoms with Gasteiger partial charge < -0.3 is 20.1 Å². The monoisotopic (exact) mass is 522 g/mol. The number of carbonyl (C=O) groups is 1. The lowest BCUT2D eigenvalue weighted by molar-refractivity contribution is 0.0212. The van der Waals surface area contributed by atoms with Crippen LogP contribution in [0.1, 0.15) is 33.6 Å². The van der Waals surface area contributed by atoms with E-state index in [0.29, 0.717) is 35.6 Å². The Kier molecular flexibility index (Phi) is 6.60. The first-order valence-corrected chi connectivity index (χ1v) is 12.3. The van der Waals surface area contributed by atoms with E-state index in [1.54, 1.807) is 33.8 Å². The lowest BCUT2D eigenvalue weighted by Gasteiger charge is -2.28. The van der Waals surface area contributed by atoms with Gasteiger partial charge in [0.25, 0.3) is 0 Å². The average molecular weight is 523 g/mol. The Morgan fingerprint density at radius 3 is 2.47 bits per heavy atom. The van der Waals surface area contributed by atoms with Crippen LogP contribution in [0.2, 0.25) is 0 Å². The second-order valence-corrected chi connectivity index (χ2v) is 10.2. The van der Waals surface area contributed by atoms with E-state index in [-0.39, 0.29) is 23.7 Å². The summed E-state index contributed by atoms with van der Waals surface area (Å²) >= 11 is 0. The number of ether oxygens (including phenoxy) is 2. The van der Waals surface area contributed by atoms with E-state index in [2.05, 4.69) is 9.97 Å². The summed E-state index contributed by atoms with van der Waals surface area (Å²) in [6.45, 7) is 6.55. The Bertz CT molecular complexity index is 1460. The summed E-state index contributed by atoms with van der Waals surface area (Å²) < 4.78 is 40.0. The van der Waals surface area contributed by atoms with E-state index in [9.17, 15) is 13.6 Å². The molecule has 3 heterocycles. The Hall–Kier alpha value is -4.28. The Morgan fingerprint density at radius 1 is 1.08 bits per heavy atom. The van der Waals surface area contributed by atoms with Crippen LogP contribution in [0.4, 0.5) is 19.4 Å². The predicted octanol–water partition coefficient (Wildman–Crippen LogP) is 5.55. The maximum Gasteiger partial charge on any atom is 0.410 e. The van der Waals surface area contributed by atoms with E-state index in [0.717, 1.165) is 36.6 Å². The van der Waals surface area contributed by atoms with Gasteiger partial charge in [-0.2, -0.15) is 5.10 Å². The fraction of sp³-hybridized carbons (Fsp3) is 0.333. The molecule has 1 fully saturated rings. The van der Waals surface area contributed by atoms with Crippen LogP contribution < -0.4 is 10.5 Å². The normalized spacial score (nSPS) is 15.7. The fourth-order valence-electron chi connectivity index (χ4n) is 4.55. The minimum atomic E-state index is -0.725. The molecule has 2 aromatic carbocycles. The molecule has 5 rings (SSSR count). The van der Waals surface area contributed by atoms with Crippen LogP contribution in [-0.4, -0.2) is 48.9 Å². The van der Waals surface area contributed by atoms with Crippen molar-refractivity contribution in [2.75, 3.05) is 12.3 Å². The van der Waals surface area contributed by atoms with Crippen molar-refractivity contribution < 1.29 is 23.0 Å². The van der Waals surface area contributed by atoms with E-state index in [4.69, 9.17) is 20.3 Å². The van der Waals surface area contributed by atoms with E-state index < -0.39 is 17.2 Å². The van der Waals surface area contributed by atoms with Crippen molar-refractivity contribution in [3.05, 3.63) is 60.4 Å². The van der Waals surface area contributed by atoms with Gasteiger partial charge >= 0.3 is 6.09 Å². The predicted molar refractivity (Wildman–Crippen MR) is 138 cm³/mol. The number of likely N-dealkylation sites (tertiary alicyclic amines) is 1. The minimum Gasteiger partial charge on any atom is -0.457 e. The number of benzene rings is 2. The van der Waals surface area contributed by atoms with Gasteiger partial charge in [0.15, 0.2) is 5.65 Å². The number of nitrogens with zero attached hydrogens (tertiary/aromatic N) is 5. The molecule has 38 heavy (non-hydrogen) atoms. The second kappa shape index (κ2) is 9.88. The van der Waals surface area contributed by atoms with Gasteiger partial charge in [-0.1, -0.05) is 0 Å². The molecule has 2 aromatic heterocycles. The number of rotatable bonds is 5. The molecule has 0 saturated carbocycles. The van der Waals surface area contributed by atoms with Gasteiger partial charge in [-0.15, -0.1) is 0 Å². The molecule has 1 aliphatic heterocycles. The smallest absolute Gasteiger partial charge is 0.410 e. The lowest BCUT2D eigenvalue weighted by atomic mass is 10.1. The van der Waals surface area contributed by atoms with Crippen LogP contribution in [0.5, 0.6) is 11.5 Å². The molecule has 11 heteroatoms. The Morgan fingerprint density at radius 2 is 1.79 bits per heavy atom. The van der Waals surface area contributed by atoms with Gasteiger partial charge in [0.2, 0.25) is 0 Å².